The van der Waals surface area contributed by atoms with Gasteiger partial charge in [0.15, 0.2) is 26.5 Å². The van der Waals surface area contributed by atoms with Crippen LogP contribution in [0.1, 0.15) is 20.3 Å². The summed E-state index contributed by atoms with van der Waals surface area (Å²) in [5.41, 5.74) is 0.766. The van der Waals surface area contributed by atoms with Gasteiger partial charge in [-0.3, -0.25) is 4.79 Å². The Bertz CT molecular complexity index is 883. The topological polar surface area (TPSA) is 85.3 Å². The second-order valence-electron chi connectivity index (χ2n) is 6.75. The molecule has 0 bridgehead atoms. The van der Waals surface area contributed by atoms with E-state index in [9.17, 15) is 13.2 Å². The highest BCUT2D eigenvalue weighted by Crippen LogP contribution is 2.44. The molecule has 1 aromatic carbocycles. The van der Waals surface area contributed by atoms with Gasteiger partial charge in [0.2, 0.25) is 6.79 Å². The summed E-state index contributed by atoms with van der Waals surface area (Å²) in [6.45, 7) is 3.96. The molecule has 1 amide bonds. The lowest BCUT2D eigenvalue weighted by molar-refractivity contribution is -0.121. The molecule has 1 aromatic rings. The van der Waals surface area contributed by atoms with Gasteiger partial charge in [0, 0.05) is 22.9 Å². The summed E-state index contributed by atoms with van der Waals surface area (Å²) in [5.74, 6) is 1.11. The molecule has 0 aromatic heterocycles. The van der Waals surface area contributed by atoms with Crippen LogP contribution in [0, 0.1) is 5.92 Å². The molecule has 0 N–H and O–H groups in total. The van der Waals surface area contributed by atoms with E-state index < -0.39 is 9.84 Å². The number of hydrogen-bond donors (Lipinski definition) is 0. The molecule has 2 fully saturated rings. The zero-order valence-corrected chi connectivity index (χ0v) is 16.2. The quantitative estimate of drug-likeness (QED) is 0.773. The third kappa shape index (κ3) is 3.07. The molecule has 0 saturated carbocycles. The average Bonchev–Trinajstić information content (AvgIpc) is 3.25. The largest absolute Gasteiger partial charge is 0.454 e. The number of thioether (sulfide) groups is 1. The minimum absolute atomic E-state index is 0.0651. The normalized spacial score (nSPS) is 28.4. The summed E-state index contributed by atoms with van der Waals surface area (Å²) in [7, 11) is -3.09. The zero-order valence-electron chi connectivity index (χ0n) is 14.5. The Morgan fingerprint density at radius 2 is 2.12 bits per heavy atom. The van der Waals surface area contributed by atoms with Crippen molar-refractivity contribution in [2.75, 3.05) is 23.2 Å². The van der Waals surface area contributed by atoms with E-state index in [0.717, 1.165) is 5.69 Å². The van der Waals surface area contributed by atoms with E-state index in [0.29, 0.717) is 23.1 Å². The van der Waals surface area contributed by atoms with Crippen molar-refractivity contribution in [1.29, 1.82) is 0 Å². The lowest BCUT2D eigenvalue weighted by Gasteiger charge is -2.24. The molecule has 4 rings (SSSR count). The molecule has 26 heavy (non-hydrogen) atoms. The highest BCUT2D eigenvalue weighted by atomic mass is 32.2. The molecule has 0 aliphatic carbocycles. The number of ether oxygens (including phenoxy) is 2. The molecular weight excluding hydrogens is 376 g/mol. The molecule has 1 unspecified atom stereocenters. The second kappa shape index (κ2) is 6.45. The first-order valence-corrected chi connectivity index (χ1v) is 11.3. The van der Waals surface area contributed by atoms with Crippen LogP contribution in [-0.2, 0) is 14.6 Å². The highest BCUT2D eigenvalue weighted by molar-refractivity contribution is 8.16. The number of amidine groups is 1. The Balaban J connectivity index is 1.73. The van der Waals surface area contributed by atoms with Crippen LogP contribution in [-0.4, -0.2) is 49.1 Å². The van der Waals surface area contributed by atoms with Crippen LogP contribution >= 0.6 is 11.8 Å². The maximum atomic E-state index is 12.4. The van der Waals surface area contributed by atoms with Crippen LogP contribution < -0.4 is 14.4 Å². The fraction of sp³-hybridized carbons (Fsp3) is 0.529. The lowest BCUT2D eigenvalue weighted by Crippen LogP contribution is -2.37. The highest BCUT2D eigenvalue weighted by Gasteiger charge is 2.49. The molecule has 9 heteroatoms. The summed E-state index contributed by atoms with van der Waals surface area (Å²) in [5, 5.41) is 0.452. The van der Waals surface area contributed by atoms with Gasteiger partial charge in [0.1, 0.15) is 0 Å². The maximum absolute atomic E-state index is 12.4. The van der Waals surface area contributed by atoms with Gasteiger partial charge >= 0.3 is 0 Å². The van der Waals surface area contributed by atoms with Gasteiger partial charge in [0.25, 0.3) is 5.91 Å². The van der Waals surface area contributed by atoms with Crippen LogP contribution in [0.3, 0.4) is 0 Å². The lowest BCUT2D eigenvalue weighted by atomic mass is 10.1. The number of sulfone groups is 1. The Kier molecular flexibility index (Phi) is 4.38. The van der Waals surface area contributed by atoms with E-state index in [2.05, 4.69) is 4.99 Å². The van der Waals surface area contributed by atoms with Crippen molar-refractivity contribution in [3.63, 3.8) is 0 Å². The maximum Gasteiger partial charge on any atom is 0.250 e. The molecule has 2 saturated heterocycles. The minimum Gasteiger partial charge on any atom is -0.454 e. The summed E-state index contributed by atoms with van der Waals surface area (Å²) >= 11 is 1.38. The van der Waals surface area contributed by atoms with Crippen LogP contribution in [0.15, 0.2) is 23.2 Å². The van der Waals surface area contributed by atoms with Crippen molar-refractivity contribution in [3.8, 4) is 11.5 Å². The number of carbonyl (C=O) groups excluding carboxylic acids is 1. The van der Waals surface area contributed by atoms with E-state index >= 15 is 0 Å². The number of amides is 1. The fourth-order valence-corrected chi connectivity index (χ4v) is 7.20. The molecular formula is C17H20N2O5S2. The summed E-state index contributed by atoms with van der Waals surface area (Å²) < 4.78 is 35.0. The number of hydrogen-bond acceptors (Lipinski definition) is 6. The molecule has 0 spiro atoms. The summed E-state index contributed by atoms with van der Waals surface area (Å²) in [6, 6.07) is 5.24. The van der Waals surface area contributed by atoms with E-state index in [4.69, 9.17) is 9.47 Å². The van der Waals surface area contributed by atoms with Crippen molar-refractivity contribution in [1.82, 2.24) is 0 Å². The number of aliphatic imine (C=N–C) groups is 1. The summed E-state index contributed by atoms with van der Waals surface area (Å²) in [6.07, 6.45) is 0.714. The van der Waals surface area contributed by atoms with E-state index in [1.807, 2.05) is 30.9 Å². The second-order valence-corrected chi connectivity index (χ2v) is 10.1. The first kappa shape index (κ1) is 17.7. The predicted octanol–water partition coefficient (Wildman–Crippen LogP) is 2.06. The Hall–Kier alpha value is -1.74. The van der Waals surface area contributed by atoms with Crippen LogP contribution in [0.25, 0.3) is 0 Å². The monoisotopic (exact) mass is 396 g/mol. The molecule has 3 heterocycles. The molecule has 3 aliphatic heterocycles. The van der Waals surface area contributed by atoms with Crippen LogP contribution in [0.5, 0.6) is 11.5 Å². The first-order valence-electron chi connectivity index (χ1n) is 8.56. The number of anilines is 1. The van der Waals surface area contributed by atoms with Crippen LogP contribution in [0.2, 0.25) is 0 Å². The fourth-order valence-electron chi connectivity index (χ4n) is 3.28. The van der Waals surface area contributed by atoms with E-state index in [1.165, 1.54) is 11.8 Å². The minimum atomic E-state index is -3.09. The smallest absolute Gasteiger partial charge is 0.250 e. The Morgan fingerprint density at radius 1 is 1.35 bits per heavy atom. The van der Waals surface area contributed by atoms with Gasteiger partial charge in [-0.1, -0.05) is 25.6 Å². The van der Waals surface area contributed by atoms with Gasteiger partial charge in [-0.25, -0.2) is 8.42 Å². The third-order valence-electron chi connectivity index (χ3n) is 4.94. The van der Waals surface area contributed by atoms with Crippen molar-refractivity contribution >= 4 is 38.4 Å². The standard InChI is InChI=1S/C17H20N2O5S2/c1-3-10(2)16(20)18-17-19(12-7-26(21,22)8-15(12)25-17)11-4-5-13-14(6-11)24-9-23-13/h4-6,10,12,15H,3,7-9H2,1-2H3/t10?,12-,15+/m0/s1. The molecule has 3 atom stereocenters. The van der Waals surface area contributed by atoms with Crippen molar-refractivity contribution in [3.05, 3.63) is 18.2 Å². The van der Waals surface area contributed by atoms with Gasteiger partial charge in [-0.15, -0.1) is 0 Å². The van der Waals surface area contributed by atoms with Crippen LogP contribution in [0.4, 0.5) is 5.69 Å². The van der Waals surface area contributed by atoms with Crippen molar-refractivity contribution in [2.24, 2.45) is 10.9 Å². The average molecular weight is 396 g/mol. The first-order chi connectivity index (χ1) is 12.4. The molecule has 3 aliphatic rings. The molecule has 140 valence electrons. The van der Waals surface area contributed by atoms with Crippen molar-refractivity contribution in [2.45, 2.75) is 31.6 Å². The van der Waals surface area contributed by atoms with Gasteiger partial charge in [-0.2, -0.15) is 4.99 Å². The van der Waals surface area contributed by atoms with E-state index in [-0.39, 0.29) is 41.4 Å². The SMILES string of the molecule is CCC(C)C(=O)N=C1S[C@@H]2CS(=O)(=O)C[C@@H]2N1c1ccc2c(c1)OCO2. The molecule has 7 nitrogen and oxygen atoms in total. The van der Waals surface area contributed by atoms with Gasteiger partial charge in [0.05, 0.1) is 17.5 Å². The van der Waals surface area contributed by atoms with Crippen molar-refractivity contribution < 1.29 is 22.7 Å². The zero-order chi connectivity index (χ0) is 18.5. The Labute approximate surface area is 156 Å². The van der Waals surface area contributed by atoms with Gasteiger partial charge in [-0.05, 0) is 18.6 Å². The number of benzene rings is 1. The number of carbonyl (C=O) groups is 1. The number of rotatable bonds is 3. The molecule has 0 radical (unpaired) electrons. The van der Waals surface area contributed by atoms with Gasteiger partial charge < -0.3 is 14.4 Å². The van der Waals surface area contributed by atoms with E-state index in [1.54, 1.807) is 6.07 Å². The number of nitrogens with zero attached hydrogens (tertiary/aromatic N) is 2. The third-order valence-corrected chi connectivity index (χ3v) is 8.15. The predicted molar refractivity (Wildman–Crippen MR) is 101 cm³/mol. The Morgan fingerprint density at radius 3 is 2.88 bits per heavy atom. The summed E-state index contributed by atoms with van der Waals surface area (Å²) in [4.78, 5) is 18.6. The number of fused-ring (bicyclic) bond motifs is 2.